The first-order valence-corrected chi connectivity index (χ1v) is 10.8. The van der Waals surface area contributed by atoms with Crippen LogP contribution in [0.15, 0.2) is 36.5 Å². The highest BCUT2D eigenvalue weighted by Crippen LogP contribution is 2.25. The maximum absolute atomic E-state index is 12.7. The van der Waals surface area contributed by atoms with Gasteiger partial charge in [-0.2, -0.15) is 0 Å². The zero-order valence-corrected chi connectivity index (χ0v) is 17.9. The van der Waals surface area contributed by atoms with E-state index in [0.717, 1.165) is 51.4 Å². The third kappa shape index (κ3) is 4.24. The van der Waals surface area contributed by atoms with Gasteiger partial charge in [0.25, 0.3) is 5.91 Å². The minimum Gasteiger partial charge on any atom is -0.368 e. The van der Waals surface area contributed by atoms with E-state index >= 15 is 0 Å². The number of aromatic nitrogens is 1. The van der Waals surface area contributed by atoms with Crippen molar-refractivity contribution < 1.29 is 4.79 Å². The van der Waals surface area contributed by atoms with E-state index in [1.807, 2.05) is 17.2 Å². The van der Waals surface area contributed by atoms with Crippen LogP contribution in [0.5, 0.6) is 0 Å². The number of amides is 1. The van der Waals surface area contributed by atoms with E-state index in [-0.39, 0.29) is 5.91 Å². The molecule has 0 bridgehead atoms. The Labute approximate surface area is 174 Å². The molecule has 0 spiro atoms. The van der Waals surface area contributed by atoms with Crippen molar-refractivity contribution in [3.8, 4) is 0 Å². The molecular formula is C24H32N4O. The molecule has 0 radical (unpaired) electrons. The molecule has 1 aromatic carbocycles. The van der Waals surface area contributed by atoms with E-state index in [4.69, 9.17) is 0 Å². The topological polar surface area (TPSA) is 39.7 Å². The molecule has 154 valence electrons. The molecule has 2 aromatic rings. The molecule has 0 aliphatic carbocycles. The first-order valence-electron chi connectivity index (χ1n) is 10.8. The summed E-state index contributed by atoms with van der Waals surface area (Å²) in [4.78, 5) is 24.0. The number of hydrogen-bond acceptors (Lipinski definition) is 4. The third-order valence-electron chi connectivity index (χ3n) is 6.47. The van der Waals surface area contributed by atoms with Crippen molar-refractivity contribution in [1.29, 1.82) is 0 Å². The van der Waals surface area contributed by atoms with E-state index in [1.54, 1.807) is 0 Å². The zero-order valence-electron chi connectivity index (χ0n) is 17.9. The first kappa shape index (κ1) is 19.7. The maximum atomic E-state index is 12.7. The van der Waals surface area contributed by atoms with E-state index in [0.29, 0.717) is 11.6 Å². The van der Waals surface area contributed by atoms with E-state index in [2.05, 4.69) is 59.8 Å². The van der Waals surface area contributed by atoms with Crippen LogP contribution < -0.4 is 9.80 Å². The van der Waals surface area contributed by atoms with Crippen LogP contribution in [-0.4, -0.2) is 55.1 Å². The molecule has 5 nitrogen and oxygen atoms in total. The molecule has 2 aliphatic heterocycles. The number of carbonyl (C=O) groups excluding carboxylic acids is 1. The van der Waals surface area contributed by atoms with Gasteiger partial charge in [0.2, 0.25) is 0 Å². The van der Waals surface area contributed by atoms with Gasteiger partial charge in [0.1, 0.15) is 5.69 Å². The predicted molar refractivity (Wildman–Crippen MR) is 119 cm³/mol. The standard InChI is InChI=1S/C24H32N4O/c1-18-6-5-11-28(17-18)24(29)22-10-9-21(16-25-22)26-12-14-27(15-13-26)23-8-4-7-19(2)20(23)3/h4,7-10,16,18H,5-6,11-15,17H2,1-3H3. The summed E-state index contributed by atoms with van der Waals surface area (Å²) >= 11 is 0. The molecule has 29 heavy (non-hydrogen) atoms. The van der Waals surface area contributed by atoms with Gasteiger partial charge >= 0.3 is 0 Å². The molecule has 0 N–H and O–H groups in total. The van der Waals surface area contributed by atoms with Crippen molar-refractivity contribution in [2.24, 2.45) is 5.92 Å². The Morgan fingerprint density at radius 2 is 1.76 bits per heavy atom. The molecular weight excluding hydrogens is 360 g/mol. The van der Waals surface area contributed by atoms with Crippen LogP contribution in [0.1, 0.15) is 41.4 Å². The van der Waals surface area contributed by atoms with Crippen LogP contribution in [0.25, 0.3) is 0 Å². The second kappa shape index (κ2) is 8.44. The number of anilines is 2. The van der Waals surface area contributed by atoms with E-state index in [9.17, 15) is 4.79 Å². The maximum Gasteiger partial charge on any atom is 0.272 e. The molecule has 3 heterocycles. The van der Waals surface area contributed by atoms with Crippen molar-refractivity contribution >= 4 is 17.3 Å². The van der Waals surface area contributed by atoms with Gasteiger partial charge in [-0.1, -0.05) is 19.1 Å². The molecule has 1 atom stereocenters. The zero-order chi connectivity index (χ0) is 20.4. The van der Waals surface area contributed by atoms with Gasteiger partial charge in [0.05, 0.1) is 11.9 Å². The highest BCUT2D eigenvalue weighted by Gasteiger charge is 2.24. The van der Waals surface area contributed by atoms with E-state index < -0.39 is 0 Å². The summed E-state index contributed by atoms with van der Waals surface area (Å²) < 4.78 is 0. The van der Waals surface area contributed by atoms with Crippen LogP contribution in [0.3, 0.4) is 0 Å². The third-order valence-corrected chi connectivity index (χ3v) is 6.47. The minimum absolute atomic E-state index is 0.0721. The molecule has 2 saturated heterocycles. The van der Waals surface area contributed by atoms with Gasteiger partial charge in [-0.15, -0.1) is 0 Å². The van der Waals surface area contributed by atoms with Gasteiger partial charge in [0, 0.05) is 45.0 Å². The lowest BCUT2D eigenvalue weighted by molar-refractivity contribution is 0.0677. The number of likely N-dealkylation sites (tertiary alicyclic amines) is 1. The highest BCUT2D eigenvalue weighted by molar-refractivity contribution is 5.92. The Bertz CT molecular complexity index is 856. The largest absolute Gasteiger partial charge is 0.368 e. The summed E-state index contributed by atoms with van der Waals surface area (Å²) in [5.74, 6) is 0.656. The average Bonchev–Trinajstić information content (AvgIpc) is 2.75. The fourth-order valence-electron chi connectivity index (χ4n) is 4.52. The number of hydrogen-bond donors (Lipinski definition) is 0. The Hall–Kier alpha value is -2.56. The Kier molecular flexibility index (Phi) is 5.74. The summed E-state index contributed by atoms with van der Waals surface area (Å²) in [5, 5.41) is 0. The van der Waals surface area contributed by atoms with Crippen molar-refractivity contribution in [2.75, 3.05) is 49.1 Å². The second-order valence-electron chi connectivity index (χ2n) is 8.59. The molecule has 1 unspecified atom stereocenters. The summed E-state index contributed by atoms with van der Waals surface area (Å²) in [7, 11) is 0. The molecule has 5 heteroatoms. The Balaban J connectivity index is 1.38. The van der Waals surface area contributed by atoms with Gasteiger partial charge in [0.15, 0.2) is 0 Å². The number of aryl methyl sites for hydroxylation is 1. The van der Waals surface area contributed by atoms with Crippen molar-refractivity contribution in [3.63, 3.8) is 0 Å². The quantitative estimate of drug-likeness (QED) is 0.794. The summed E-state index contributed by atoms with van der Waals surface area (Å²) in [6.07, 6.45) is 4.17. The predicted octanol–water partition coefficient (Wildman–Crippen LogP) is 3.90. The number of nitrogens with zero attached hydrogens (tertiary/aromatic N) is 4. The smallest absolute Gasteiger partial charge is 0.272 e. The summed E-state index contributed by atoms with van der Waals surface area (Å²) in [5.41, 5.74) is 5.74. The molecule has 0 saturated carbocycles. The SMILES string of the molecule is Cc1cccc(N2CCN(c3ccc(C(=O)N4CCCC(C)C4)nc3)CC2)c1C. The van der Waals surface area contributed by atoms with E-state index in [1.165, 1.54) is 23.2 Å². The number of pyridine rings is 1. The van der Waals surface area contributed by atoms with Crippen LogP contribution in [-0.2, 0) is 0 Å². The van der Waals surface area contributed by atoms with Gasteiger partial charge in [-0.05, 0) is 61.9 Å². The number of rotatable bonds is 3. The monoisotopic (exact) mass is 392 g/mol. The number of piperidine rings is 1. The van der Waals surface area contributed by atoms with Crippen molar-refractivity contribution in [2.45, 2.75) is 33.6 Å². The minimum atomic E-state index is 0.0721. The Morgan fingerprint density at radius 1 is 1.00 bits per heavy atom. The lowest BCUT2D eigenvalue weighted by Crippen LogP contribution is -2.46. The van der Waals surface area contributed by atoms with Crippen LogP contribution >= 0.6 is 0 Å². The first-order chi connectivity index (χ1) is 14.0. The van der Waals surface area contributed by atoms with Gasteiger partial charge in [-0.25, -0.2) is 4.98 Å². The van der Waals surface area contributed by atoms with Gasteiger partial charge < -0.3 is 14.7 Å². The summed E-state index contributed by atoms with van der Waals surface area (Å²) in [6.45, 7) is 12.2. The number of benzene rings is 1. The molecule has 2 fully saturated rings. The molecule has 4 rings (SSSR count). The average molecular weight is 393 g/mol. The van der Waals surface area contributed by atoms with Gasteiger partial charge in [-0.3, -0.25) is 4.79 Å². The van der Waals surface area contributed by atoms with Crippen LogP contribution in [0, 0.1) is 19.8 Å². The molecule has 1 amide bonds. The second-order valence-corrected chi connectivity index (χ2v) is 8.59. The van der Waals surface area contributed by atoms with Crippen molar-refractivity contribution in [3.05, 3.63) is 53.3 Å². The Morgan fingerprint density at radius 3 is 2.45 bits per heavy atom. The number of carbonyl (C=O) groups is 1. The number of piperazine rings is 1. The fourth-order valence-corrected chi connectivity index (χ4v) is 4.52. The summed E-state index contributed by atoms with van der Waals surface area (Å²) in [6, 6.07) is 10.5. The molecule has 2 aliphatic rings. The molecule has 1 aromatic heterocycles. The van der Waals surface area contributed by atoms with Crippen LogP contribution in [0.2, 0.25) is 0 Å². The fraction of sp³-hybridized carbons (Fsp3) is 0.500. The lowest BCUT2D eigenvalue weighted by atomic mass is 10.00. The van der Waals surface area contributed by atoms with Crippen molar-refractivity contribution in [1.82, 2.24) is 9.88 Å². The lowest BCUT2D eigenvalue weighted by Gasteiger charge is -2.38. The highest BCUT2D eigenvalue weighted by atomic mass is 16.2. The normalized spacial score (nSPS) is 20.1. The van der Waals surface area contributed by atoms with Crippen LogP contribution in [0.4, 0.5) is 11.4 Å².